The molecule has 108 valence electrons. The van der Waals surface area contributed by atoms with Crippen LogP contribution < -0.4 is 5.73 Å². The van der Waals surface area contributed by atoms with Gasteiger partial charge in [0, 0.05) is 6.04 Å². The minimum atomic E-state index is -0.0208. The molecule has 1 heterocycles. The highest BCUT2D eigenvalue weighted by atomic mass is 32.1. The summed E-state index contributed by atoms with van der Waals surface area (Å²) in [4.78, 5) is 1.12. The number of aromatic nitrogens is 2. The monoisotopic (exact) mass is 289 g/mol. The maximum Gasteiger partial charge on any atom is 0.0829 e. The Morgan fingerprint density at radius 3 is 2.30 bits per heavy atom. The quantitative estimate of drug-likeness (QED) is 0.930. The molecule has 2 rings (SSSR count). The van der Waals surface area contributed by atoms with Gasteiger partial charge in [0.25, 0.3) is 0 Å². The second kappa shape index (κ2) is 6.02. The van der Waals surface area contributed by atoms with Crippen molar-refractivity contribution < 1.29 is 0 Å². The molecule has 0 amide bonds. The molecule has 1 atom stereocenters. The van der Waals surface area contributed by atoms with Crippen LogP contribution in [0.15, 0.2) is 12.1 Å². The zero-order valence-electron chi connectivity index (χ0n) is 12.9. The summed E-state index contributed by atoms with van der Waals surface area (Å²) < 4.78 is 4.08. The molecule has 4 heteroatoms. The van der Waals surface area contributed by atoms with E-state index in [2.05, 4.69) is 56.3 Å². The molecule has 0 aliphatic heterocycles. The summed E-state index contributed by atoms with van der Waals surface area (Å²) in [6.45, 7) is 10.7. The fourth-order valence-electron chi connectivity index (χ4n) is 2.71. The lowest BCUT2D eigenvalue weighted by atomic mass is 9.93. The number of benzene rings is 1. The van der Waals surface area contributed by atoms with Crippen LogP contribution in [0.1, 0.15) is 58.6 Å². The van der Waals surface area contributed by atoms with Crippen LogP contribution >= 0.6 is 11.5 Å². The minimum absolute atomic E-state index is 0.0208. The summed E-state index contributed by atoms with van der Waals surface area (Å²) in [5.41, 5.74) is 12.8. The molecule has 0 fully saturated rings. The van der Waals surface area contributed by atoms with Crippen molar-refractivity contribution >= 4 is 11.5 Å². The lowest BCUT2D eigenvalue weighted by Crippen LogP contribution is -2.15. The van der Waals surface area contributed by atoms with Crippen molar-refractivity contribution in [1.82, 2.24) is 9.59 Å². The average molecular weight is 289 g/mol. The smallest absolute Gasteiger partial charge is 0.0829 e. The highest BCUT2D eigenvalue weighted by molar-refractivity contribution is 7.05. The van der Waals surface area contributed by atoms with Gasteiger partial charge in [-0.1, -0.05) is 36.0 Å². The van der Waals surface area contributed by atoms with Gasteiger partial charge in [-0.2, -0.15) is 0 Å². The number of aryl methyl sites for hydroxylation is 3. The summed E-state index contributed by atoms with van der Waals surface area (Å²) in [5, 5.41) is 4.23. The van der Waals surface area contributed by atoms with Crippen LogP contribution in [-0.4, -0.2) is 9.59 Å². The SMILES string of the molecule is Cc1cc(C)c(CC(N)c2snnc2C(C)C)c(C)c1. The van der Waals surface area contributed by atoms with Crippen molar-refractivity contribution in [1.29, 1.82) is 0 Å². The van der Waals surface area contributed by atoms with E-state index in [9.17, 15) is 0 Å². The Hall–Kier alpha value is -1.26. The van der Waals surface area contributed by atoms with Crippen LogP contribution in [0, 0.1) is 20.8 Å². The van der Waals surface area contributed by atoms with E-state index in [1.165, 1.54) is 33.8 Å². The normalized spacial score (nSPS) is 12.9. The summed E-state index contributed by atoms with van der Waals surface area (Å²) in [6.07, 6.45) is 0.849. The first-order chi connectivity index (χ1) is 9.40. The van der Waals surface area contributed by atoms with E-state index in [1.807, 2.05) is 0 Å². The van der Waals surface area contributed by atoms with Gasteiger partial charge in [-0.05, 0) is 61.3 Å². The molecule has 1 aromatic heterocycles. The molecule has 1 unspecified atom stereocenters. The highest BCUT2D eigenvalue weighted by Gasteiger charge is 2.19. The number of hydrogen-bond acceptors (Lipinski definition) is 4. The Kier molecular flexibility index (Phi) is 4.55. The molecular formula is C16H23N3S. The third-order valence-electron chi connectivity index (χ3n) is 3.69. The van der Waals surface area contributed by atoms with Gasteiger partial charge in [0.2, 0.25) is 0 Å². The van der Waals surface area contributed by atoms with E-state index >= 15 is 0 Å². The average Bonchev–Trinajstić information content (AvgIpc) is 2.82. The minimum Gasteiger partial charge on any atom is -0.323 e. The molecule has 2 N–H and O–H groups in total. The largest absolute Gasteiger partial charge is 0.323 e. The molecule has 0 aliphatic rings. The molecule has 0 aliphatic carbocycles. The lowest BCUT2D eigenvalue weighted by Gasteiger charge is -2.16. The van der Waals surface area contributed by atoms with Gasteiger partial charge in [-0.3, -0.25) is 0 Å². The Balaban J connectivity index is 2.28. The van der Waals surface area contributed by atoms with Crippen molar-refractivity contribution in [3.05, 3.63) is 45.0 Å². The van der Waals surface area contributed by atoms with Crippen molar-refractivity contribution in [2.24, 2.45) is 5.73 Å². The first kappa shape index (κ1) is 15.1. The molecular weight excluding hydrogens is 266 g/mol. The van der Waals surface area contributed by atoms with Crippen LogP contribution in [0.3, 0.4) is 0 Å². The topological polar surface area (TPSA) is 51.8 Å². The Bertz CT molecular complexity index is 579. The number of nitrogens with two attached hydrogens (primary N) is 1. The second-order valence-corrected chi connectivity index (χ2v) is 6.65. The molecule has 0 bridgehead atoms. The Labute approximate surface area is 125 Å². The van der Waals surface area contributed by atoms with Crippen LogP contribution in [0.4, 0.5) is 0 Å². The van der Waals surface area contributed by atoms with Crippen LogP contribution in [0.25, 0.3) is 0 Å². The van der Waals surface area contributed by atoms with Gasteiger partial charge >= 0.3 is 0 Å². The zero-order valence-corrected chi connectivity index (χ0v) is 13.7. The fraction of sp³-hybridized carbons (Fsp3) is 0.500. The van der Waals surface area contributed by atoms with E-state index in [-0.39, 0.29) is 6.04 Å². The first-order valence-corrected chi connectivity index (χ1v) is 7.82. The van der Waals surface area contributed by atoms with Crippen LogP contribution in [0.2, 0.25) is 0 Å². The van der Waals surface area contributed by atoms with Crippen molar-refractivity contribution in [2.45, 2.75) is 53.0 Å². The Morgan fingerprint density at radius 2 is 1.75 bits per heavy atom. The summed E-state index contributed by atoms with van der Waals surface area (Å²) >= 11 is 1.43. The van der Waals surface area contributed by atoms with Gasteiger partial charge < -0.3 is 5.73 Å². The summed E-state index contributed by atoms with van der Waals surface area (Å²) in [6, 6.07) is 4.43. The van der Waals surface area contributed by atoms with Crippen molar-refractivity contribution in [3.8, 4) is 0 Å². The van der Waals surface area contributed by atoms with Crippen LogP contribution in [-0.2, 0) is 6.42 Å². The van der Waals surface area contributed by atoms with E-state index in [4.69, 9.17) is 5.73 Å². The van der Waals surface area contributed by atoms with Crippen molar-refractivity contribution in [2.75, 3.05) is 0 Å². The van der Waals surface area contributed by atoms with Gasteiger partial charge in [0.1, 0.15) is 0 Å². The predicted octanol–water partition coefficient (Wildman–Crippen LogP) is 3.83. The third kappa shape index (κ3) is 3.07. The maximum absolute atomic E-state index is 6.42. The van der Waals surface area contributed by atoms with E-state index in [1.54, 1.807) is 0 Å². The highest BCUT2D eigenvalue weighted by Crippen LogP contribution is 2.29. The van der Waals surface area contributed by atoms with Gasteiger partial charge in [0.05, 0.1) is 10.6 Å². The van der Waals surface area contributed by atoms with Crippen LogP contribution in [0.5, 0.6) is 0 Å². The number of hydrogen-bond donors (Lipinski definition) is 1. The molecule has 0 saturated heterocycles. The molecule has 3 nitrogen and oxygen atoms in total. The number of nitrogens with zero attached hydrogens (tertiary/aromatic N) is 2. The lowest BCUT2D eigenvalue weighted by molar-refractivity contribution is 0.696. The molecule has 1 aromatic carbocycles. The first-order valence-electron chi connectivity index (χ1n) is 7.04. The maximum atomic E-state index is 6.42. The Morgan fingerprint density at radius 1 is 1.15 bits per heavy atom. The van der Waals surface area contributed by atoms with Crippen molar-refractivity contribution in [3.63, 3.8) is 0 Å². The molecule has 0 radical (unpaired) electrons. The summed E-state index contributed by atoms with van der Waals surface area (Å²) in [5.74, 6) is 0.370. The fourth-order valence-corrected chi connectivity index (χ4v) is 3.51. The zero-order chi connectivity index (χ0) is 14.9. The van der Waals surface area contributed by atoms with E-state index in [0.29, 0.717) is 5.92 Å². The second-order valence-electron chi connectivity index (χ2n) is 5.87. The molecule has 2 aromatic rings. The molecule has 0 spiro atoms. The van der Waals surface area contributed by atoms with E-state index in [0.717, 1.165) is 17.0 Å². The van der Waals surface area contributed by atoms with Gasteiger partial charge in [-0.25, -0.2) is 0 Å². The van der Waals surface area contributed by atoms with E-state index < -0.39 is 0 Å². The predicted molar refractivity (Wildman–Crippen MR) is 85.3 cm³/mol. The molecule has 0 saturated carbocycles. The van der Waals surface area contributed by atoms with Gasteiger partial charge in [0.15, 0.2) is 0 Å². The number of rotatable bonds is 4. The third-order valence-corrected chi connectivity index (χ3v) is 4.56. The molecule has 20 heavy (non-hydrogen) atoms. The standard InChI is InChI=1S/C16H23N3S/c1-9(2)15-16(20-19-18-15)14(17)8-13-11(4)6-10(3)7-12(13)5/h6-7,9,14H,8,17H2,1-5H3. The van der Waals surface area contributed by atoms with Gasteiger partial charge in [-0.15, -0.1) is 5.10 Å². The summed E-state index contributed by atoms with van der Waals surface area (Å²) in [7, 11) is 0.